The van der Waals surface area contributed by atoms with Gasteiger partial charge in [0.25, 0.3) is 10.9 Å². The molecule has 2 amide bonds. The van der Waals surface area contributed by atoms with Crippen LogP contribution in [0.1, 0.15) is 47.1 Å². The third-order valence-electron chi connectivity index (χ3n) is 6.28. The van der Waals surface area contributed by atoms with Crippen LogP contribution >= 0.6 is 0 Å². The molecule has 1 fully saturated rings. The zero-order chi connectivity index (χ0) is 32.1. The second-order valence-electron chi connectivity index (χ2n) is 12.0. The summed E-state index contributed by atoms with van der Waals surface area (Å²) in [5, 5.41) is 5.24. The number of benzene rings is 1. The highest BCUT2D eigenvalue weighted by molar-refractivity contribution is 5.72. The van der Waals surface area contributed by atoms with Crippen LogP contribution in [0.25, 0.3) is 0 Å². The first-order chi connectivity index (χ1) is 20.0. The number of carbonyl (C=O) groups excluding carboxylic acids is 3. The van der Waals surface area contributed by atoms with Gasteiger partial charge >= 0.3 is 18.3 Å². The van der Waals surface area contributed by atoms with Crippen molar-refractivity contribution in [3.8, 4) is 5.75 Å². The smallest absolute Gasteiger partial charge is 0.497 e. The highest BCUT2D eigenvalue weighted by Gasteiger charge is 2.50. The molecule has 1 heterocycles. The quantitative estimate of drug-likeness (QED) is 0.165. The molecular formula is C29H40N4O10. The van der Waals surface area contributed by atoms with E-state index in [9.17, 15) is 24.0 Å². The number of carbonyl (C=O) groups is 3. The summed E-state index contributed by atoms with van der Waals surface area (Å²) in [4.78, 5) is 63.1. The number of methoxy groups -OCH3 is 1. The van der Waals surface area contributed by atoms with Crippen molar-refractivity contribution < 1.29 is 38.1 Å². The Bertz CT molecular complexity index is 1370. The molecule has 0 radical (unpaired) electrons. The molecule has 0 spiro atoms. The SMILES string of the molecule is COc1ccc(C[C@@H]2[C@H](OC(=O)NCCNc3c(N)c(=O)c3=O)[C@@H](OC(=O)OC(C)(C)C)CN2C(=O)OC(C)(C)C)cc1. The fourth-order valence-corrected chi connectivity index (χ4v) is 4.38. The first kappa shape index (κ1) is 33.0. The number of nitrogens with one attached hydrogen (secondary N) is 2. The molecule has 236 valence electrons. The molecule has 43 heavy (non-hydrogen) atoms. The topological polar surface area (TPSA) is 185 Å². The average Bonchev–Trinajstić information content (AvgIpc) is 3.22. The number of alkyl carbamates (subject to hydrolysis) is 1. The Kier molecular flexibility index (Phi) is 10.1. The van der Waals surface area contributed by atoms with Crippen LogP contribution in [0.2, 0.25) is 0 Å². The van der Waals surface area contributed by atoms with Crippen molar-refractivity contribution in [1.29, 1.82) is 0 Å². The van der Waals surface area contributed by atoms with E-state index in [1.165, 1.54) is 4.90 Å². The molecule has 14 nitrogen and oxygen atoms in total. The highest BCUT2D eigenvalue weighted by Crippen LogP contribution is 2.30. The molecule has 0 bridgehead atoms. The van der Waals surface area contributed by atoms with E-state index in [1.807, 2.05) is 12.1 Å². The van der Waals surface area contributed by atoms with Gasteiger partial charge in [0, 0.05) is 13.1 Å². The molecule has 1 aliphatic heterocycles. The number of anilines is 2. The Morgan fingerprint density at radius 1 is 0.930 bits per heavy atom. The van der Waals surface area contributed by atoms with Gasteiger partial charge in [-0.3, -0.25) is 14.5 Å². The average molecular weight is 605 g/mol. The fourth-order valence-electron chi connectivity index (χ4n) is 4.38. The molecule has 0 aromatic heterocycles. The maximum absolute atomic E-state index is 13.3. The summed E-state index contributed by atoms with van der Waals surface area (Å²) in [5.41, 5.74) is 2.97. The van der Waals surface area contributed by atoms with Crippen LogP contribution in [0.3, 0.4) is 0 Å². The Labute approximate surface area is 249 Å². The van der Waals surface area contributed by atoms with E-state index in [0.717, 1.165) is 5.56 Å². The summed E-state index contributed by atoms with van der Waals surface area (Å²) in [7, 11) is 1.54. The maximum atomic E-state index is 13.3. The minimum atomic E-state index is -1.11. The lowest BCUT2D eigenvalue weighted by atomic mass is 10.0. The summed E-state index contributed by atoms with van der Waals surface area (Å²) in [5.74, 6) is 0.636. The predicted molar refractivity (Wildman–Crippen MR) is 157 cm³/mol. The van der Waals surface area contributed by atoms with Gasteiger partial charge in [0.15, 0.2) is 12.2 Å². The van der Waals surface area contributed by atoms with Gasteiger partial charge in [-0.15, -0.1) is 0 Å². The van der Waals surface area contributed by atoms with Crippen LogP contribution in [0.4, 0.5) is 25.8 Å². The molecule has 1 aliphatic rings. The summed E-state index contributed by atoms with van der Waals surface area (Å²) < 4.78 is 27.5. The van der Waals surface area contributed by atoms with Gasteiger partial charge in [-0.2, -0.15) is 0 Å². The van der Waals surface area contributed by atoms with Gasteiger partial charge in [-0.25, -0.2) is 14.4 Å². The normalized spacial score (nSPS) is 18.6. The lowest BCUT2D eigenvalue weighted by molar-refractivity contribution is -0.0517. The van der Waals surface area contributed by atoms with Crippen molar-refractivity contribution in [1.82, 2.24) is 10.2 Å². The summed E-state index contributed by atoms with van der Waals surface area (Å²) >= 11 is 0. The lowest BCUT2D eigenvalue weighted by Gasteiger charge is -2.30. The number of nitrogen functional groups attached to an aromatic ring is 1. The van der Waals surface area contributed by atoms with Crippen LogP contribution in [-0.2, 0) is 25.4 Å². The Hall–Kier alpha value is -4.49. The summed E-state index contributed by atoms with van der Waals surface area (Å²) in [6.07, 6.45) is -4.51. The number of hydrogen-bond donors (Lipinski definition) is 3. The Morgan fingerprint density at radius 2 is 1.56 bits per heavy atom. The van der Waals surface area contributed by atoms with E-state index in [4.69, 9.17) is 29.4 Å². The van der Waals surface area contributed by atoms with Gasteiger partial charge in [-0.05, 0) is 65.7 Å². The molecule has 2 aromatic carbocycles. The molecule has 14 heteroatoms. The molecule has 4 N–H and O–H groups in total. The van der Waals surface area contributed by atoms with Gasteiger partial charge in [0.1, 0.15) is 28.3 Å². The van der Waals surface area contributed by atoms with E-state index in [2.05, 4.69) is 10.6 Å². The van der Waals surface area contributed by atoms with Crippen molar-refractivity contribution in [2.45, 2.75) is 77.4 Å². The van der Waals surface area contributed by atoms with E-state index >= 15 is 0 Å². The van der Waals surface area contributed by atoms with Gasteiger partial charge in [0.2, 0.25) is 0 Å². The molecule has 0 unspecified atom stereocenters. The van der Waals surface area contributed by atoms with Crippen LogP contribution in [0.5, 0.6) is 5.75 Å². The molecule has 3 atom stereocenters. The Morgan fingerprint density at radius 3 is 2.12 bits per heavy atom. The van der Waals surface area contributed by atoms with Crippen LogP contribution in [-0.4, -0.2) is 79.4 Å². The first-order valence-electron chi connectivity index (χ1n) is 13.8. The third kappa shape index (κ3) is 9.00. The van der Waals surface area contributed by atoms with Crippen molar-refractivity contribution in [3.05, 3.63) is 50.3 Å². The third-order valence-corrected chi connectivity index (χ3v) is 6.28. The highest BCUT2D eigenvalue weighted by atomic mass is 16.7. The molecule has 1 saturated heterocycles. The standard InChI is InChI=1S/C29H40N4O10/c1-28(2,3)42-26(37)33-15-19(40-27(38)43-29(4,5)6)24(18(33)14-16-8-10-17(39-7)11-9-16)41-25(36)32-13-12-31-21-20(30)22(34)23(21)35/h8-11,18-19,24,31H,12-15,30H2,1-7H3,(H,32,36)/t18-,19+,24+/m1/s1. The second-order valence-corrected chi connectivity index (χ2v) is 12.0. The number of ether oxygens (including phenoxy) is 5. The van der Waals surface area contributed by atoms with E-state index < -0.39 is 58.7 Å². The zero-order valence-electron chi connectivity index (χ0n) is 25.5. The number of hydrogen-bond acceptors (Lipinski definition) is 12. The molecular weight excluding hydrogens is 564 g/mol. The largest absolute Gasteiger partial charge is 0.509 e. The summed E-state index contributed by atoms with van der Waals surface area (Å²) in [6, 6.07) is 6.35. The monoisotopic (exact) mass is 604 g/mol. The van der Waals surface area contributed by atoms with E-state index in [0.29, 0.717) is 5.75 Å². The van der Waals surface area contributed by atoms with Crippen LogP contribution in [0.15, 0.2) is 33.9 Å². The van der Waals surface area contributed by atoms with Crippen molar-refractivity contribution in [3.63, 3.8) is 0 Å². The molecule has 0 saturated carbocycles. The lowest BCUT2D eigenvalue weighted by Crippen LogP contribution is -2.46. The Balaban J connectivity index is 1.82. The molecule has 3 rings (SSSR count). The van der Waals surface area contributed by atoms with Gasteiger partial charge in [0.05, 0.1) is 19.7 Å². The first-order valence-corrected chi connectivity index (χ1v) is 13.8. The minimum absolute atomic E-state index is 0.000318. The zero-order valence-corrected chi connectivity index (χ0v) is 25.5. The van der Waals surface area contributed by atoms with Crippen LogP contribution < -0.4 is 32.0 Å². The second kappa shape index (κ2) is 13.2. The number of nitrogens with two attached hydrogens (primary N) is 1. The predicted octanol–water partition coefficient (Wildman–Crippen LogP) is 2.56. The number of nitrogens with zero attached hydrogens (tertiary/aromatic N) is 1. The fraction of sp³-hybridized carbons (Fsp3) is 0.552. The van der Waals surface area contributed by atoms with Gasteiger partial charge < -0.3 is 40.1 Å². The van der Waals surface area contributed by atoms with E-state index in [-0.39, 0.29) is 37.4 Å². The number of rotatable bonds is 9. The van der Waals surface area contributed by atoms with Crippen molar-refractivity contribution in [2.75, 3.05) is 37.8 Å². The van der Waals surface area contributed by atoms with E-state index in [1.54, 1.807) is 60.8 Å². The van der Waals surface area contributed by atoms with Crippen molar-refractivity contribution >= 4 is 29.7 Å². The number of likely N-dealkylation sites (tertiary alicyclic amines) is 1. The minimum Gasteiger partial charge on any atom is -0.497 e. The van der Waals surface area contributed by atoms with Crippen LogP contribution in [0, 0.1) is 0 Å². The van der Waals surface area contributed by atoms with Gasteiger partial charge in [-0.1, -0.05) is 12.1 Å². The molecule has 0 aliphatic carbocycles. The maximum Gasteiger partial charge on any atom is 0.509 e. The van der Waals surface area contributed by atoms with Crippen molar-refractivity contribution in [2.24, 2.45) is 0 Å². The summed E-state index contributed by atoms with van der Waals surface area (Å²) in [6.45, 7) is 10.1. The molecule has 2 aromatic rings. The number of amides is 2.